The Hall–Kier alpha value is -2.49. The lowest BCUT2D eigenvalue weighted by atomic mass is 10.2. The van der Waals surface area contributed by atoms with E-state index in [0.29, 0.717) is 30.1 Å². The Labute approximate surface area is 167 Å². The molecule has 1 aliphatic heterocycles. The highest BCUT2D eigenvalue weighted by molar-refractivity contribution is 7.89. The van der Waals surface area contributed by atoms with E-state index in [2.05, 4.69) is 10.5 Å². The molecule has 1 saturated heterocycles. The summed E-state index contributed by atoms with van der Waals surface area (Å²) < 4.78 is 31.8. The van der Waals surface area contributed by atoms with Gasteiger partial charge in [0, 0.05) is 24.7 Å². The Kier molecular flexibility index (Phi) is 5.29. The molecule has 1 N–H and O–H groups in total. The zero-order chi connectivity index (χ0) is 19.6. The average molecular weight is 418 g/mol. The summed E-state index contributed by atoms with van der Waals surface area (Å²) in [6.07, 6.45) is 1.77. The summed E-state index contributed by atoms with van der Waals surface area (Å²) >= 11 is 1.55. The summed E-state index contributed by atoms with van der Waals surface area (Å²) in [7, 11) is -3.48. The Morgan fingerprint density at radius 3 is 2.61 bits per heavy atom. The SMILES string of the molecule is O=C(NCc1cc(-c2cccs2)on1)c1ccc(S(=O)(=O)N2CCCC2)cc1. The van der Waals surface area contributed by atoms with Crippen LogP contribution in [0.3, 0.4) is 0 Å². The number of benzene rings is 1. The van der Waals surface area contributed by atoms with E-state index in [4.69, 9.17) is 4.52 Å². The van der Waals surface area contributed by atoms with Crippen LogP contribution >= 0.6 is 11.3 Å². The van der Waals surface area contributed by atoms with Gasteiger partial charge in [-0.3, -0.25) is 4.79 Å². The van der Waals surface area contributed by atoms with Crippen LogP contribution in [0.15, 0.2) is 57.3 Å². The molecule has 0 saturated carbocycles. The normalized spacial score (nSPS) is 15.0. The van der Waals surface area contributed by atoms with Crippen LogP contribution in [0.1, 0.15) is 28.9 Å². The molecule has 3 aromatic rings. The Morgan fingerprint density at radius 1 is 1.18 bits per heavy atom. The van der Waals surface area contributed by atoms with Crippen LogP contribution in [0.25, 0.3) is 10.6 Å². The molecular weight excluding hydrogens is 398 g/mol. The van der Waals surface area contributed by atoms with Crippen LogP contribution in [-0.2, 0) is 16.6 Å². The Balaban J connectivity index is 1.39. The molecule has 0 atom stereocenters. The molecule has 0 unspecified atom stereocenters. The smallest absolute Gasteiger partial charge is 0.251 e. The first kappa shape index (κ1) is 18.9. The number of rotatable bonds is 6. The van der Waals surface area contributed by atoms with E-state index < -0.39 is 10.0 Å². The number of carbonyl (C=O) groups is 1. The van der Waals surface area contributed by atoms with Gasteiger partial charge in [0.15, 0.2) is 5.76 Å². The quantitative estimate of drug-likeness (QED) is 0.665. The van der Waals surface area contributed by atoms with Crippen molar-refractivity contribution in [2.75, 3.05) is 13.1 Å². The van der Waals surface area contributed by atoms with E-state index >= 15 is 0 Å². The number of carbonyl (C=O) groups excluding carboxylic acids is 1. The summed E-state index contributed by atoms with van der Waals surface area (Å²) in [6, 6.07) is 11.7. The van der Waals surface area contributed by atoms with Crippen molar-refractivity contribution in [3.8, 4) is 10.6 Å². The van der Waals surface area contributed by atoms with Crippen molar-refractivity contribution in [2.24, 2.45) is 0 Å². The van der Waals surface area contributed by atoms with Crippen molar-refractivity contribution in [3.05, 3.63) is 59.1 Å². The molecule has 7 nitrogen and oxygen atoms in total. The fourth-order valence-corrected chi connectivity index (χ4v) is 5.25. The first-order valence-corrected chi connectivity index (χ1v) is 11.2. The standard InChI is InChI=1S/C19H19N3O4S2/c23-19(20-13-15-12-17(26-21-15)18-4-3-11-27-18)14-5-7-16(8-6-14)28(24,25)22-9-1-2-10-22/h3-8,11-12H,1-2,9-10,13H2,(H,20,23). The summed E-state index contributed by atoms with van der Waals surface area (Å²) in [6.45, 7) is 1.33. The van der Waals surface area contributed by atoms with Gasteiger partial charge in [-0.2, -0.15) is 4.31 Å². The lowest BCUT2D eigenvalue weighted by Crippen LogP contribution is -2.28. The van der Waals surface area contributed by atoms with Crippen LogP contribution in [-0.4, -0.2) is 36.9 Å². The molecule has 9 heteroatoms. The van der Waals surface area contributed by atoms with E-state index in [1.54, 1.807) is 17.4 Å². The van der Waals surface area contributed by atoms with Gasteiger partial charge in [-0.15, -0.1) is 11.3 Å². The minimum absolute atomic E-state index is 0.211. The largest absolute Gasteiger partial charge is 0.355 e. The van der Waals surface area contributed by atoms with Crippen LogP contribution < -0.4 is 5.32 Å². The van der Waals surface area contributed by atoms with E-state index in [-0.39, 0.29) is 17.3 Å². The molecule has 1 aliphatic rings. The van der Waals surface area contributed by atoms with Crippen molar-refractivity contribution in [2.45, 2.75) is 24.3 Å². The van der Waals surface area contributed by atoms with Crippen molar-refractivity contribution in [3.63, 3.8) is 0 Å². The highest BCUT2D eigenvalue weighted by Gasteiger charge is 2.27. The minimum atomic E-state index is -3.48. The second kappa shape index (κ2) is 7.86. The molecule has 2 aromatic heterocycles. The molecule has 0 bridgehead atoms. The number of nitrogens with one attached hydrogen (secondary N) is 1. The molecule has 3 heterocycles. The molecule has 28 heavy (non-hydrogen) atoms. The van der Waals surface area contributed by atoms with Gasteiger partial charge >= 0.3 is 0 Å². The summed E-state index contributed by atoms with van der Waals surface area (Å²) in [5.41, 5.74) is 1.01. The number of amides is 1. The molecule has 0 spiro atoms. The topological polar surface area (TPSA) is 92.5 Å². The molecule has 146 valence electrons. The minimum Gasteiger partial charge on any atom is -0.355 e. The van der Waals surface area contributed by atoms with Crippen molar-refractivity contribution < 1.29 is 17.7 Å². The molecule has 0 aliphatic carbocycles. The Morgan fingerprint density at radius 2 is 1.93 bits per heavy atom. The summed E-state index contributed by atoms with van der Waals surface area (Å²) in [4.78, 5) is 13.5. The lowest BCUT2D eigenvalue weighted by molar-refractivity contribution is 0.0950. The third kappa shape index (κ3) is 3.87. The van der Waals surface area contributed by atoms with Gasteiger partial charge in [0.1, 0.15) is 5.69 Å². The first-order chi connectivity index (χ1) is 13.5. The molecule has 1 fully saturated rings. The third-order valence-corrected chi connectivity index (χ3v) is 7.37. The zero-order valence-corrected chi connectivity index (χ0v) is 16.6. The highest BCUT2D eigenvalue weighted by atomic mass is 32.2. The molecule has 1 aromatic carbocycles. The summed E-state index contributed by atoms with van der Waals surface area (Å²) in [5, 5.41) is 8.68. The maximum absolute atomic E-state index is 12.5. The van der Waals surface area contributed by atoms with E-state index in [0.717, 1.165) is 17.7 Å². The number of hydrogen-bond acceptors (Lipinski definition) is 6. The fraction of sp³-hybridized carbons (Fsp3) is 0.263. The summed E-state index contributed by atoms with van der Waals surface area (Å²) in [5.74, 6) is 0.363. The second-order valence-electron chi connectivity index (χ2n) is 6.48. The van der Waals surface area contributed by atoms with Gasteiger partial charge in [-0.05, 0) is 48.6 Å². The fourth-order valence-electron chi connectivity index (χ4n) is 3.06. The number of aromatic nitrogens is 1. The number of sulfonamides is 1. The Bertz CT molecular complexity index is 1050. The molecule has 4 rings (SSSR count). The molecule has 0 radical (unpaired) electrons. The molecule has 1 amide bonds. The van der Waals surface area contributed by atoms with Gasteiger partial charge in [0.2, 0.25) is 10.0 Å². The van der Waals surface area contributed by atoms with Gasteiger partial charge < -0.3 is 9.84 Å². The predicted molar refractivity (Wildman–Crippen MR) is 105 cm³/mol. The van der Waals surface area contributed by atoms with Crippen molar-refractivity contribution >= 4 is 27.3 Å². The van der Waals surface area contributed by atoms with Crippen LogP contribution in [0.5, 0.6) is 0 Å². The zero-order valence-electron chi connectivity index (χ0n) is 15.0. The van der Waals surface area contributed by atoms with Crippen LogP contribution in [0.2, 0.25) is 0 Å². The maximum Gasteiger partial charge on any atom is 0.251 e. The van der Waals surface area contributed by atoms with Gasteiger partial charge in [0.05, 0.1) is 16.3 Å². The third-order valence-electron chi connectivity index (χ3n) is 4.57. The highest BCUT2D eigenvalue weighted by Crippen LogP contribution is 2.25. The number of hydrogen-bond donors (Lipinski definition) is 1. The lowest BCUT2D eigenvalue weighted by Gasteiger charge is -2.15. The first-order valence-electron chi connectivity index (χ1n) is 8.92. The van der Waals surface area contributed by atoms with Gasteiger partial charge in [-0.1, -0.05) is 11.2 Å². The van der Waals surface area contributed by atoms with Gasteiger partial charge in [0.25, 0.3) is 5.91 Å². The number of nitrogens with zero attached hydrogens (tertiary/aromatic N) is 2. The van der Waals surface area contributed by atoms with E-state index in [1.807, 2.05) is 17.5 Å². The van der Waals surface area contributed by atoms with Crippen molar-refractivity contribution in [1.82, 2.24) is 14.8 Å². The maximum atomic E-state index is 12.5. The second-order valence-corrected chi connectivity index (χ2v) is 9.36. The van der Waals surface area contributed by atoms with Crippen LogP contribution in [0.4, 0.5) is 0 Å². The van der Waals surface area contributed by atoms with Crippen LogP contribution in [0, 0.1) is 0 Å². The average Bonchev–Trinajstić information content (AvgIpc) is 3.48. The van der Waals surface area contributed by atoms with E-state index in [9.17, 15) is 13.2 Å². The van der Waals surface area contributed by atoms with Gasteiger partial charge in [-0.25, -0.2) is 8.42 Å². The molecular formula is C19H19N3O4S2. The van der Waals surface area contributed by atoms with E-state index in [1.165, 1.54) is 28.6 Å². The number of thiophene rings is 1. The monoisotopic (exact) mass is 417 g/mol. The van der Waals surface area contributed by atoms with Crippen molar-refractivity contribution in [1.29, 1.82) is 0 Å². The predicted octanol–water partition coefficient (Wildman–Crippen LogP) is 3.12.